The van der Waals surface area contributed by atoms with E-state index in [4.69, 9.17) is 5.84 Å². The highest BCUT2D eigenvalue weighted by molar-refractivity contribution is 14.1. The quantitative estimate of drug-likeness (QED) is 0.265. The third-order valence-corrected chi connectivity index (χ3v) is 2.02. The Bertz CT molecular complexity index is 272. The van der Waals surface area contributed by atoms with Crippen LogP contribution in [0.5, 0.6) is 0 Å². The topological polar surface area (TPSA) is 72.9 Å². The van der Waals surface area contributed by atoms with E-state index in [1.807, 2.05) is 6.20 Å². The van der Waals surface area contributed by atoms with Gasteiger partial charge in [0.25, 0.3) is 0 Å². The van der Waals surface area contributed by atoms with Gasteiger partial charge in [0.05, 0.1) is 16.7 Å². The molecule has 66 valence electrons. The molecular formula is C6H9IN4O. The van der Waals surface area contributed by atoms with Crippen molar-refractivity contribution in [1.29, 1.82) is 0 Å². The molecule has 3 N–H and O–H groups in total. The van der Waals surface area contributed by atoms with Gasteiger partial charge in [-0.25, -0.2) is 5.84 Å². The fourth-order valence-electron chi connectivity index (χ4n) is 0.780. The number of hydrogen-bond acceptors (Lipinski definition) is 3. The Morgan fingerprint density at radius 2 is 2.58 bits per heavy atom. The standard InChI is InChI=1S/C6H9IN4O/c7-4-11-2-1-5(10-11)3-6(12)9-8/h1-2H,3-4,8H2,(H,9,12). The summed E-state index contributed by atoms with van der Waals surface area (Å²) in [5.41, 5.74) is 2.78. The molecule has 5 nitrogen and oxygen atoms in total. The maximum atomic E-state index is 10.8. The van der Waals surface area contributed by atoms with Crippen molar-refractivity contribution in [2.24, 2.45) is 5.84 Å². The van der Waals surface area contributed by atoms with Gasteiger partial charge in [0.2, 0.25) is 5.91 Å². The van der Waals surface area contributed by atoms with E-state index in [1.165, 1.54) is 0 Å². The number of carbonyl (C=O) groups excluding carboxylic acids is 1. The molecule has 1 amide bonds. The van der Waals surface area contributed by atoms with Gasteiger partial charge in [0, 0.05) is 6.20 Å². The van der Waals surface area contributed by atoms with E-state index in [9.17, 15) is 4.79 Å². The summed E-state index contributed by atoms with van der Waals surface area (Å²) in [5, 5.41) is 4.11. The molecule has 0 aliphatic heterocycles. The zero-order chi connectivity index (χ0) is 8.97. The van der Waals surface area contributed by atoms with Crippen molar-refractivity contribution in [1.82, 2.24) is 15.2 Å². The minimum absolute atomic E-state index is 0.228. The highest BCUT2D eigenvalue weighted by atomic mass is 127. The second kappa shape index (κ2) is 4.41. The smallest absolute Gasteiger partial charge is 0.239 e. The number of carbonyl (C=O) groups is 1. The molecule has 1 rings (SSSR count). The highest BCUT2D eigenvalue weighted by Crippen LogP contribution is 1.98. The zero-order valence-corrected chi connectivity index (χ0v) is 8.48. The number of nitrogens with two attached hydrogens (primary N) is 1. The number of nitrogens with zero attached hydrogens (tertiary/aromatic N) is 2. The average molecular weight is 280 g/mol. The number of rotatable bonds is 3. The summed E-state index contributed by atoms with van der Waals surface area (Å²) in [5.74, 6) is 4.70. The Hall–Kier alpha value is -0.630. The van der Waals surface area contributed by atoms with E-state index in [0.29, 0.717) is 0 Å². The van der Waals surface area contributed by atoms with Crippen LogP contribution in [0.3, 0.4) is 0 Å². The molecule has 0 radical (unpaired) electrons. The number of nitrogens with one attached hydrogen (secondary N) is 1. The van der Waals surface area contributed by atoms with Crippen LogP contribution in [0.4, 0.5) is 0 Å². The Balaban J connectivity index is 2.58. The van der Waals surface area contributed by atoms with E-state index in [0.717, 1.165) is 10.2 Å². The number of hydrogen-bond donors (Lipinski definition) is 2. The number of hydrazine groups is 1. The SMILES string of the molecule is NNC(=O)Cc1ccn(CI)n1. The summed E-state index contributed by atoms with van der Waals surface area (Å²) in [4.78, 5) is 10.8. The minimum atomic E-state index is -0.228. The Labute approximate surface area is 83.4 Å². The molecule has 1 aromatic heterocycles. The summed E-state index contributed by atoms with van der Waals surface area (Å²) >= 11 is 2.18. The first-order valence-electron chi connectivity index (χ1n) is 3.34. The van der Waals surface area contributed by atoms with E-state index in [-0.39, 0.29) is 12.3 Å². The zero-order valence-electron chi connectivity index (χ0n) is 6.33. The molecule has 0 aliphatic rings. The number of halogens is 1. The molecule has 1 aromatic rings. The van der Waals surface area contributed by atoms with Crippen LogP contribution in [0.1, 0.15) is 5.69 Å². The number of aromatic nitrogens is 2. The largest absolute Gasteiger partial charge is 0.294 e. The molecule has 0 spiro atoms. The van der Waals surface area contributed by atoms with Crippen molar-refractivity contribution in [3.8, 4) is 0 Å². The van der Waals surface area contributed by atoms with E-state index in [2.05, 4.69) is 33.1 Å². The second-order valence-corrected chi connectivity index (χ2v) is 2.89. The monoisotopic (exact) mass is 280 g/mol. The molecule has 1 heterocycles. The Kier molecular flexibility index (Phi) is 3.48. The fraction of sp³-hybridized carbons (Fsp3) is 0.333. The van der Waals surface area contributed by atoms with Crippen LogP contribution in [0.2, 0.25) is 0 Å². The summed E-state index contributed by atoms with van der Waals surface area (Å²) in [7, 11) is 0. The third kappa shape index (κ3) is 2.45. The van der Waals surface area contributed by atoms with Gasteiger partial charge in [0.15, 0.2) is 0 Å². The van der Waals surface area contributed by atoms with Crippen molar-refractivity contribution in [3.63, 3.8) is 0 Å². The van der Waals surface area contributed by atoms with Crippen molar-refractivity contribution >= 4 is 28.5 Å². The van der Waals surface area contributed by atoms with Crippen LogP contribution >= 0.6 is 22.6 Å². The lowest BCUT2D eigenvalue weighted by atomic mass is 10.3. The molecule has 0 fully saturated rings. The summed E-state index contributed by atoms with van der Waals surface area (Å²) in [6.45, 7) is 0. The minimum Gasteiger partial charge on any atom is -0.294 e. The summed E-state index contributed by atoms with van der Waals surface area (Å²) in [6, 6.07) is 1.80. The molecule has 0 saturated heterocycles. The predicted octanol–water partition coefficient (Wildman–Crippen LogP) is -0.192. The lowest BCUT2D eigenvalue weighted by Crippen LogP contribution is -2.31. The van der Waals surface area contributed by atoms with Crippen LogP contribution in [-0.2, 0) is 15.8 Å². The van der Waals surface area contributed by atoms with Gasteiger partial charge in [-0.2, -0.15) is 5.10 Å². The molecule has 12 heavy (non-hydrogen) atoms. The van der Waals surface area contributed by atoms with Gasteiger partial charge in [0.1, 0.15) is 0 Å². The first kappa shape index (κ1) is 9.46. The molecule has 6 heteroatoms. The average Bonchev–Trinajstić information content (AvgIpc) is 2.52. The van der Waals surface area contributed by atoms with Crippen molar-refractivity contribution < 1.29 is 4.79 Å². The summed E-state index contributed by atoms with van der Waals surface area (Å²) in [6.07, 6.45) is 2.06. The molecular weight excluding hydrogens is 271 g/mol. The van der Waals surface area contributed by atoms with Crippen LogP contribution in [-0.4, -0.2) is 15.7 Å². The van der Waals surface area contributed by atoms with Crippen molar-refractivity contribution in [2.75, 3.05) is 0 Å². The molecule has 0 unspecified atom stereocenters. The van der Waals surface area contributed by atoms with Crippen LogP contribution in [0, 0.1) is 0 Å². The molecule has 0 atom stereocenters. The van der Waals surface area contributed by atoms with Gasteiger partial charge >= 0.3 is 0 Å². The third-order valence-electron chi connectivity index (χ3n) is 1.32. The van der Waals surface area contributed by atoms with Crippen LogP contribution in [0.15, 0.2) is 12.3 Å². The summed E-state index contributed by atoms with van der Waals surface area (Å²) < 4.78 is 2.53. The number of alkyl halides is 1. The molecule has 0 saturated carbocycles. The van der Waals surface area contributed by atoms with Gasteiger partial charge in [-0.3, -0.25) is 14.9 Å². The van der Waals surface area contributed by atoms with Gasteiger partial charge in [-0.05, 0) is 6.07 Å². The predicted molar refractivity (Wildman–Crippen MR) is 52.3 cm³/mol. The van der Waals surface area contributed by atoms with Gasteiger partial charge in [-0.15, -0.1) is 0 Å². The lowest BCUT2D eigenvalue weighted by molar-refractivity contribution is -0.120. The van der Waals surface area contributed by atoms with E-state index >= 15 is 0 Å². The lowest BCUT2D eigenvalue weighted by Gasteiger charge is -1.94. The highest BCUT2D eigenvalue weighted by Gasteiger charge is 2.03. The van der Waals surface area contributed by atoms with Gasteiger partial charge in [-0.1, -0.05) is 22.6 Å². The molecule has 0 aromatic carbocycles. The molecule has 0 bridgehead atoms. The first-order chi connectivity index (χ1) is 5.76. The fourth-order valence-corrected chi connectivity index (χ4v) is 1.16. The maximum Gasteiger partial charge on any atom is 0.239 e. The molecule has 0 aliphatic carbocycles. The van der Waals surface area contributed by atoms with Crippen molar-refractivity contribution in [2.45, 2.75) is 11.0 Å². The second-order valence-electron chi connectivity index (χ2n) is 2.21. The Morgan fingerprint density at radius 1 is 1.83 bits per heavy atom. The van der Waals surface area contributed by atoms with E-state index < -0.39 is 0 Å². The number of amides is 1. The first-order valence-corrected chi connectivity index (χ1v) is 4.86. The van der Waals surface area contributed by atoms with Crippen LogP contribution in [0.25, 0.3) is 0 Å². The normalized spacial score (nSPS) is 9.83. The van der Waals surface area contributed by atoms with Crippen LogP contribution < -0.4 is 11.3 Å². The van der Waals surface area contributed by atoms with Crippen molar-refractivity contribution in [3.05, 3.63) is 18.0 Å². The van der Waals surface area contributed by atoms with Gasteiger partial charge < -0.3 is 0 Å². The Morgan fingerprint density at radius 3 is 3.08 bits per heavy atom. The van der Waals surface area contributed by atoms with E-state index in [1.54, 1.807) is 10.7 Å². The maximum absolute atomic E-state index is 10.8.